The molecule has 0 spiro atoms. The van der Waals surface area contributed by atoms with Gasteiger partial charge in [-0.25, -0.2) is 14.4 Å². The lowest BCUT2D eigenvalue weighted by Crippen LogP contribution is -2.35. The summed E-state index contributed by atoms with van der Waals surface area (Å²) in [5.74, 6) is 0.506. The number of piperidine rings is 1. The first-order valence-electron chi connectivity index (χ1n) is 11.2. The molecule has 1 fully saturated rings. The molecule has 0 aliphatic carbocycles. The highest BCUT2D eigenvalue weighted by atomic mass is 19.1. The third kappa shape index (κ3) is 3.51. The molecule has 0 unspecified atom stereocenters. The molecule has 1 atom stereocenters. The van der Waals surface area contributed by atoms with Crippen molar-refractivity contribution in [1.82, 2.24) is 29.4 Å². The number of nitrogens with two attached hydrogens (primary N) is 1. The molecule has 0 radical (unpaired) electrons. The van der Waals surface area contributed by atoms with Crippen molar-refractivity contribution in [3.8, 4) is 5.75 Å². The molecular formula is C23H27FN8O2. The number of nitrogen functional groups attached to an aromatic ring is 1. The van der Waals surface area contributed by atoms with Gasteiger partial charge in [-0.15, -0.1) is 5.10 Å². The number of hydrogen-bond donors (Lipinski definition) is 1. The Labute approximate surface area is 195 Å². The van der Waals surface area contributed by atoms with Crippen LogP contribution in [0.1, 0.15) is 45.4 Å². The van der Waals surface area contributed by atoms with Crippen LogP contribution in [0.3, 0.4) is 0 Å². The van der Waals surface area contributed by atoms with Gasteiger partial charge in [0.25, 0.3) is 0 Å². The minimum atomic E-state index is -0.708. The number of anilines is 2. The van der Waals surface area contributed by atoms with Gasteiger partial charge in [0.1, 0.15) is 5.54 Å². The monoisotopic (exact) mass is 466 g/mol. The second kappa shape index (κ2) is 7.93. The molecule has 11 heteroatoms. The minimum Gasteiger partial charge on any atom is -0.494 e. The highest BCUT2D eigenvalue weighted by molar-refractivity contribution is 5.93. The third-order valence-corrected chi connectivity index (χ3v) is 6.74. The fourth-order valence-corrected chi connectivity index (χ4v) is 4.34. The van der Waals surface area contributed by atoms with E-state index in [4.69, 9.17) is 15.5 Å². The maximum Gasteiger partial charge on any atom is 0.223 e. The molecule has 0 saturated carbocycles. The summed E-state index contributed by atoms with van der Waals surface area (Å²) in [4.78, 5) is 23.3. The molecule has 2 N–H and O–H groups in total. The van der Waals surface area contributed by atoms with E-state index in [2.05, 4.69) is 20.1 Å². The molecule has 3 aromatic heterocycles. The van der Waals surface area contributed by atoms with Crippen LogP contribution in [0.25, 0.3) is 16.6 Å². The van der Waals surface area contributed by atoms with Gasteiger partial charge in [0.15, 0.2) is 28.8 Å². The van der Waals surface area contributed by atoms with Crippen molar-refractivity contribution < 1.29 is 13.9 Å². The van der Waals surface area contributed by atoms with E-state index in [1.54, 1.807) is 17.8 Å². The van der Waals surface area contributed by atoms with Crippen molar-refractivity contribution in [2.45, 2.75) is 45.1 Å². The van der Waals surface area contributed by atoms with Gasteiger partial charge in [0.05, 0.1) is 24.5 Å². The van der Waals surface area contributed by atoms with Gasteiger partial charge in [-0.3, -0.25) is 9.48 Å². The lowest BCUT2D eigenvalue weighted by atomic mass is 9.97. The molecule has 1 saturated heterocycles. The zero-order chi connectivity index (χ0) is 24.2. The van der Waals surface area contributed by atoms with Crippen molar-refractivity contribution >= 4 is 34.0 Å². The van der Waals surface area contributed by atoms with Gasteiger partial charge >= 0.3 is 0 Å². The number of ketones is 1. The van der Waals surface area contributed by atoms with Gasteiger partial charge < -0.3 is 15.4 Å². The van der Waals surface area contributed by atoms with Crippen LogP contribution in [-0.2, 0) is 10.3 Å². The van der Waals surface area contributed by atoms with Gasteiger partial charge in [0.2, 0.25) is 5.95 Å². The molecule has 0 amide bonds. The maximum atomic E-state index is 14.4. The molecule has 1 aliphatic rings. The van der Waals surface area contributed by atoms with Crippen LogP contribution in [-0.4, -0.2) is 55.3 Å². The number of ether oxygens (including phenoxy) is 1. The number of methoxy groups -OCH3 is 1. The number of aromatic nitrogens is 6. The van der Waals surface area contributed by atoms with Gasteiger partial charge in [-0.2, -0.15) is 9.61 Å². The zero-order valence-corrected chi connectivity index (χ0v) is 19.6. The molecule has 0 bridgehead atoms. The Hall–Kier alpha value is -3.76. The first-order chi connectivity index (χ1) is 16.2. The molecule has 1 aromatic carbocycles. The summed E-state index contributed by atoms with van der Waals surface area (Å²) in [5, 5.41) is 9.58. The van der Waals surface area contributed by atoms with Crippen molar-refractivity contribution in [1.29, 1.82) is 0 Å². The number of Topliss-reactive ketones (excluding diaryl/α,β-unsaturated/α-hetero) is 1. The standard InChI is InChI=1S/C23H27FN8O2/c1-13(33)23(2,3)31-12-15(10-26-31)30-7-5-6-14(11-30)20-28-21-16-8-17(24)19(34-4)9-18(16)27-22(25)32(21)29-20/h8-10,12,14H,5-7,11H2,1-4H3,(H2,25,27)/t14-/m1/s1. The lowest BCUT2D eigenvalue weighted by Gasteiger charge is -2.32. The van der Waals surface area contributed by atoms with Crippen LogP contribution >= 0.6 is 0 Å². The zero-order valence-electron chi connectivity index (χ0n) is 19.6. The normalized spacial score (nSPS) is 17.0. The highest BCUT2D eigenvalue weighted by Crippen LogP contribution is 2.32. The smallest absolute Gasteiger partial charge is 0.223 e. The van der Waals surface area contributed by atoms with Crippen LogP contribution in [0.4, 0.5) is 16.0 Å². The summed E-state index contributed by atoms with van der Waals surface area (Å²) in [7, 11) is 1.40. The Balaban J connectivity index is 1.48. The SMILES string of the molecule is COc1cc2nc(N)n3nc([C@@H]4CCCN(c5cnn(C(C)(C)C(C)=O)c5)C4)nc3c2cc1F. The van der Waals surface area contributed by atoms with E-state index >= 15 is 0 Å². The van der Waals surface area contributed by atoms with E-state index in [0.717, 1.165) is 25.1 Å². The second-order valence-corrected chi connectivity index (χ2v) is 9.22. The average Bonchev–Trinajstić information content (AvgIpc) is 3.48. The molecule has 34 heavy (non-hydrogen) atoms. The summed E-state index contributed by atoms with van der Waals surface area (Å²) >= 11 is 0. The molecule has 4 aromatic rings. The largest absolute Gasteiger partial charge is 0.494 e. The second-order valence-electron chi connectivity index (χ2n) is 9.22. The Morgan fingerprint density at radius 2 is 2.09 bits per heavy atom. The number of rotatable bonds is 5. The van der Waals surface area contributed by atoms with E-state index in [1.807, 2.05) is 20.0 Å². The van der Waals surface area contributed by atoms with Crippen molar-refractivity contribution in [2.24, 2.45) is 0 Å². The number of benzene rings is 1. The number of hydrogen-bond acceptors (Lipinski definition) is 8. The van der Waals surface area contributed by atoms with Crippen LogP contribution in [0.15, 0.2) is 24.5 Å². The first kappa shape index (κ1) is 22.1. The minimum absolute atomic E-state index is 0.0417. The van der Waals surface area contributed by atoms with E-state index in [9.17, 15) is 9.18 Å². The molecule has 4 heterocycles. The summed E-state index contributed by atoms with van der Waals surface area (Å²) in [6.07, 6.45) is 5.55. The fourth-order valence-electron chi connectivity index (χ4n) is 4.34. The van der Waals surface area contributed by atoms with Gasteiger partial charge in [0, 0.05) is 36.7 Å². The summed E-state index contributed by atoms with van der Waals surface area (Å²) < 4.78 is 22.6. The topological polar surface area (TPSA) is 116 Å². The Bertz CT molecular complexity index is 1410. The molecule has 10 nitrogen and oxygen atoms in total. The van der Waals surface area contributed by atoms with E-state index in [0.29, 0.717) is 28.9 Å². The average molecular weight is 467 g/mol. The Morgan fingerprint density at radius 1 is 1.29 bits per heavy atom. The summed E-state index contributed by atoms with van der Waals surface area (Å²) in [6.45, 7) is 6.84. The molecular weight excluding hydrogens is 439 g/mol. The molecule has 1 aliphatic heterocycles. The predicted octanol–water partition coefficient (Wildman–Crippen LogP) is 2.91. The Morgan fingerprint density at radius 3 is 2.82 bits per heavy atom. The lowest BCUT2D eigenvalue weighted by molar-refractivity contribution is -0.124. The van der Waals surface area contributed by atoms with Crippen LogP contribution in [0, 0.1) is 5.82 Å². The van der Waals surface area contributed by atoms with Crippen molar-refractivity contribution in [2.75, 3.05) is 30.8 Å². The number of fused-ring (bicyclic) bond motifs is 3. The quantitative estimate of drug-likeness (QED) is 0.477. The molecule has 178 valence electrons. The van der Waals surface area contributed by atoms with Crippen LogP contribution in [0.2, 0.25) is 0 Å². The number of halogens is 1. The molecule has 5 rings (SSSR count). The number of nitrogens with zero attached hydrogens (tertiary/aromatic N) is 7. The van der Waals surface area contributed by atoms with Gasteiger partial charge in [-0.05, 0) is 39.7 Å². The van der Waals surface area contributed by atoms with E-state index in [1.165, 1.54) is 23.8 Å². The third-order valence-electron chi connectivity index (χ3n) is 6.74. The summed E-state index contributed by atoms with van der Waals surface area (Å²) in [6, 6.07) is 2.87. The van der Waals surface area contributed by atoms with E-state index in [-0.39, 0.29) is 23.4 Å². The van der Waals surface area contributed by atoms with Crippen LogP contribution in [0.5, 0.6) is 5.75 Å². The number of carbonyl (C=O) groups is 1. The Kier molecular flexibility index (Phi) is 5.14. The predicted molar refractivity (Wildman–Crippen MR) is 126 cm³/mol. The number of carbonyl (C=O) groups excluding carboxylic acids is 1. The van der Waals surface area contributed by atoms with Gasteiger partial charge in [-0.1, -0.05) is 0 Å². The van der Waals surface area contributed by atoms with E-state index < -0.39 is 11.4 Å². The first-order valence-corrected chi connectivity index (χ1v) is 11.2. The van der Waals surface area contributed by atoms with Crippen molar-refractivity contribution in [3.63, 3.8) is 0 Å². The van der Waals surface area contributed by atoms with Crippen LogP contribution < -0.4 is 15.4 Å². The fraction of sp³-hybridized carbons (Fsp3) is 0.435. The van der Waals surface area contributed by atoms with Crippen molar-refractivity contribution in [3.05, 3.63) is 36.2 Å². The summed E-state index contributed by atoms with van der Waals surface area (Å²) in [5.41, 5.74) is 7.34. The highest BCUT2D eigenvalue weighted by Gasteiger charge is 2.30. The maximum absolute atomic E-state index is 14.4.